The van der Waals surface area contributed by atoms with Crippen LogP contribution in [0, 0.1) is 0 Å². The lowest BCUT2D eigenvalue weighted by Gasteiger charge is -2.06. The average Bonchev–Trinajstić information content (AvgIpc) is 2.74. The normalized spacial score (nSPS) is 11.2. The third kappa shape index (κ3) is 6.05. The summed E-state index contributed by atoms with van der Waals surface area (Å²) < 4.78 is 5.81. The van der Waals surface area contributed by atoms with Gasteiger partial charge in [-0.25, -0.2) is 0 Å². The molecule has 0 saturated carbocycles. The van der Waals surface area contributed by atoms with E-state index in [0.717, 1.165) is 35.1 Å². The van der Waals surface area contributed by atoms with Crippen LogP contribution in [0.1, 0.15) is 51.0 Å². The molecule has 146 valence electrons. The Kier molecular flexibility index (Phi) is 7.79. The molecule has 3 aromatic rings. The van der Waals surface area contributed by atoms with Gasteiger partial charge in [-0.05, 0) is 36.2 Å². The highest BCUT2D eigenvalue weighted by atomic mass is 16.5. The minimum atomic E-state index is 0.647. The molecule has 5 nitrogen and oxygen atoms in total. The lowest BCUT2D eigenvalue weighted by Crippen LogP contribution is -1.98. The van der Waals surface area contributed by atoms with Gasteiger partial charge in [-0.1, -0.05) is 63.3 Å². The average molecular weight is 377 g/mol. The Morgan fingerprint density at radius 2 is 1.75 bits per heavy atom. The molecule has 0 amide bonds. The zero-order valence-electron chi connectivity index (χ0n) is 16.5. The Labute approximate surface area is 166 Å². The van der Waals surface area contributed by atoms with Crippen LogP contribution in [0.4, 0.5) is 5.82 Å². The minimum absolute atomic E-state index is 0.647. The maximum absolute atomic E-state index is 5.81. The standard InChI is InChI=1S/C23H28N4O/c1-2-3-4-5-6-9-16-28-21-14-12-19(13-15-21)17-24-26-23-22-11-8-7-10-20(22)18-25-27-23/h7-8,10-15,17-18H,2-6,9,16H2,1H3,(H,26,27). The van der Waals surface area contributed by atoms with Crippen molar-refractivity contribution in [2.75, 3.05) is 12.0 Å². The minimum Gasteiger partial charge on any atom is -0.494 e. The second kappa shape index (κ2) is 11.0. The summed E-state index contributed by atoms with van der Waals surface area (Å²) in [6, 6.07) is 15.9. The molecule has 0 radical (unpaired) electrons. The van der Waals surface area contributed by atoms with E-state index in [9.17, 15) is 0 Å². The molecule has 1 heterocycles. The van der Waals surface area contributed by atoms with Gasteiger partial charge in [0.25, 0.3) is 0 Å². The van der Waals surface area contributed by atoms with E-state index in [1.165, 1.54) is 32.1 Å². The summed E-state index contributed by atoms with van der Waals surface area (Å²) in [6.45, 7) is 3.02. The fourth-order valence-corrected chi connectivity index (χ4v) is 3.00. The maximum atomic E-state index is 5.81. The van der Waals surface area contributed by atoms with Crippen molar-refractivity contribution in [3.05, 3.63) is 60.3 Å². The Morgan fingerprint density at radius 3 is 2.61 bits per heavy atom. The lowest BCUT2D eigenvalue weighted by atomic mass is 10.1. The lowest BCUT2D eigenvalue weighted by molar-refractivity contribution is 0.304. The van der Waals surface area contributed by atoms with Gasteiger partial charge in [0.05, 0.1) is 19.0 Å². The molecule has 2 aromatic carbocycles. The summed E-state index contributed by atoms with van der Waals surface area (Å²) >= 11 is 0. The van der Waals surface area contributed by atoms with Crippen LogP contribution in [0.25, 0.3) is 10.8 Å². The number of nitrogens with one attached hydrogen (secondary N) is 1. The smallest absolute Gasteiger partial charge is 0.176 e. The zero-order valence-corrected chi connectivity index (χ0v) is 16.5. The molecule has 0 unspecified atom stereocenters. The third-order valence-electron chi connectivity index (χ3n) is 4.60. The van der Waals surface area contributed by atoms with Crippen molar-refractivity contribution in [2.24, 2.45) is 5.10 Å². The molecular weight excluding hydrogens is 348 g/mol. The number of aromatic nitrogens is 2. The molecule has 0 aliphatic rings. The van der Waals surface area contributed by atoms with Crippen LogP contribution in [0.15, 0.2) is 59.8 Å². The van der Waals surface area contributed by atoms with Crippen LogP contribution in [0.2, 0.25) is 0 Å². The van der Waals surface area contributed by atoms with E-state index in [1.807, 2.05) is 48.5 Å². The van der Waals surface area contributed by atoms with Crippen molar-refractivity contribution < 1.29 is 4.74 Å². The molecule has 0 spiro atoms. The first kappa shape index (κ1) is 19.8. The van der Waals surface area contributed by atoms with Gasteiger partial charge in [0.2, 0.25) is 0 Å². The van der Waals surface area contributed by atoms with E-state index < -0.39 is 0 Å². The van der Waals surface area contributed by atoms with Crippen molar-refractivity contribution in [1.29, 1.82) is 0 Å². The number of rotatable bonds is 11. The Hall–Kier alpha value is -2.95. The number of hydrazone groups is 1. The number of benzene rings is 2. The highest BCUT2D eigenvalue weighted by Gasteiger charge is 2.01. The summed E-state index contributed by atoms with van der Waals surface area (Å²) in [4.78, 5) is 0. The van der Waals surface area contributed by atoms with Crippen LogP contribution < -0.4 is 10.2 Å². The predicted molar refractivity (Wildman–Crippen MR) is 116 cm³/mol. The van der Waals surface area contributed by atoms with Gasteiger partial charge in [0.1, 0.15) is 5.75 Å². The first-order valence-corrected chi connectivity index (χ1v) is 10.1. The monoisotopic (exact) mass is 376 g/mol. The van der Waals surface area contributed by atoms with E-state index in [0.29, 0.717) is 5.82 Å². The molecule has 0 fully saturated rings. The summed E-state index contributed by atoms with van der Waals surface area (Å²) in [5.41, 5.74) is 3.97. The van der Waals surface area contributed by atoms with Gasteiger partial charge in [0.15, 0.2) is 5.82 Å². The number of fused-ring (bicyclic) bond motifs is 1. The third-order valence-corrected chi connectivity index (χ3v) is 4.60. The number of unbranched alkanes of at least 4 members (excludes halogenated alkanes) is 5. The summed E-state index contributed by atoms with van der Waals surface area (Å²) in [7, 11) is 0. The molecule has 0 bridgehead atoms. The van der Waals surface area contributed by atoms with E-state index in [-0.39, 0.29) is 0 Å². The number of hydrogen-bond donors (Lipinski definition) is 1. The molecule has 5 heteroatoms. The molecule has 0 saturated heterocycles. The second-order valence-corrected chi connectivity index (χ2v) is 6.84. The number of ether oxygens (including phenoxy) is 1. The molecule has 0 aliphatic heterocycles. The van der Waals surface area contributed by atoms with Crippen LogP contribution >= 0.6 is 0 Å². The maximum Gasteiger partial charge on any atom is 0.176 e. The van der Waals surface area contributed by atoms with Gasteiger partial charge in [-0.3, -0.25) is 5.43 Å². The Balaban J connectivity index is 1.45. The summed E-state index contributed by atoms with van der Waals surface area (Å²) in [5.74, 6) is 1.55. The highest BCUT2D eigenvalue weighted by molar-refractivity contribution is 5.91. The summed E-state index contributed by atoms with van der Waals surface area (Å²) in [5, 5.41) is 14.4. The van der Waals surface area contributed by atoms with Crippen molar-refractivity contribution in [3.63, 3.8) is 0 Å². The van der Waals surface area contributed by atoms with Gasteiger partial charge in [0, 0.05) is 10.8 Å². The zero-order chi connectivity index (χ0) is 19.4. The summed E-state index contributed by atoms with van der Waals surface area (Å²) in [6.07, 6.45) is 11.1. The number of hydrogen-bond acceptors (Lipinski definition) is 5. The predicted octanol–water partition coefficient (Wildman–Crippen LogP) is 5.82. The SMILES string of the molecule is CCCCCCCCOc1ccc(C=NNc2nncc3ccccc23)cc1. The van der Waals surface area contributed by atoms with E-state index in [1.54, 1.807) is 12.4 Å². The highest BCUT2D eigenvalue weighted by Crippen LogP contribution is 2.19. The second-order valence-electron chi connectivity index (χ2n) is 6.84. The fourth-order valence-electron chi connectivity index (χ4n) is 3.00. The van der Waals surface area contributed by atoms with E-state index in [2.05, 4.69) is 27.6 Å². The fraction of sp³-hybridized carbons (Fsp3) is 0.348. The van der Waals surface area contributed by atoms with E-state index in [4.69, 9.17) is 4.74 Å². The van der Waals surface area contributed by atoms with Crippen LogP contribution in [0.5, 0.6) is 5.75 Å². The van der Waals surface area contributed by atoms with Gasteiger partial charge >= 0.3 is 0 Å². The van der Waals surface area contributed by atoms with Crippen molar-refractivity contribution >= 4 is 22.8 Å². The first-order chi connectivity index (χ1) is 13.9. The van der Waals surface area contributed by atoms with Gasteiger partial charge < -0.3 is 4.74 Å². The van der Waals surface area contributed by atoms with Crippen LogP contribution in [-0.2, 0) is 0 Å². The molecular formula is C23H28N4O. The molecule has 0 aliphatic carbocycles. The van der Waals surface area contributed by atoms with Crippen molar-refractivity contribution in [1.82, 2.24) is 10.2 Å². The first-order valence-electron chi connectivity index (χ1n) is 10.1. The van der Waals surface area contributed by atoms with Crippen molar-refractivity contribution in [2.45, 2.75) is 45.4 Å². The van der Waals surface area contributed by atoms with E-state index >= 15 is 0 Å². The van der Waals surface area contributed by atoms with Crippen LogP contribution in [-0.4, -0.2) is 23.0 Å². The molecule has 1 aromatic heterocycles. The number of nitrogens with zero attached hydrogens (tertiary/aromatic N) is 3. The molecule has 28 heavy (non-hydrogen) atoms. The Bertz CT molecular complexity index is 872. The van der Waals surface area contributed by atoms with Gasteiger partial charge in [-0.2, -0.15) is 10.2 Å². The molecule has 0 atom stereocenters. The topological polar surface area (TPSA) is 59.4 Å². The quantitative estimate of drug-likeness (QED) is 0.260. The molecule has 1 N–H and O–H groups in total. The Morgan fingerprint density at radius 1 is 0.964 bits per heavy atom. The van der Waals surface area contributed by atoms with Crippen molar-refractivity contribution in [3.8, 4) is 5.75 Å². The van der Waals surface area contributed by atoms with Crippen LogP contribution in [0.3, 0.4) is 0 Å². The number of anilines is 1. The van der Waals surface area contributed by atoms with Gasteiger partial charge in [-0.15, -0.1) is 5.10 Å². The largest absolute Gasteiger partial charge is 0.494 e. The molecule has 3 rings (SSSR count).